The van der Waals surface area contributed by atoms with Crippen LogP contribution in [0, 0.1) is 5.82 Å². The van der Waals surface area contributed by atoms with E-state index < -0.39 is 17.4 Å². The van der Waals surface area contributed by atoms with Crippen molar-refractivity contribution in [1.29, 1.82) is 0 Å². The molecule has 34 heavy (non-hydrogen) atoms. The van der Waals surface area contributed by atoms with E-state index in [1.54, 1.807) is 18.2 Å². The van der Waals surface area contributed by atoms with Crippen LogP contribution in [0.5, 0.6) is 0 Å². The molecule has 0 aliphatic rings. The highest BCUT2D eigenvalue weighted by molar-refractivity contribution is 6.36. The molecule has 172 valence electrons. The molecule has 0 spiro atoms. The summed E-state index contributed by atoms with van der Waals surface area (Å²) in [5, 5.41) is 4.35. The highest BCUT2D eigenvalue weighted by Gasteiger charge is 2.23. The van der Waals surface area contributed by atoms with Crippen molar-refractivity contribution in [3.63, 3.8) is 0 Å². The largest absolute Gasteiger partial charge is 0.360 e. The summed E-state index contributed by atoms with van der Waals surface area (Å²) in [6.45, 7) is 1.96. The molecule has 2 N–H and O–H groups in total. The maximum absolute atomic E-state index is 14.3. The van der Waals surface area contributed by atoms with Gasteiger partial charge in [-0.3, -0.25) is 9.36 Å². The Hall–Kier alpha value is -3.20. The summed E-state index contributed by atoms with van der Waals surface area (Å²) in [6, 6.07) is 8.95. The predicted molar refractivity (Wildman–Crippen MR) is 133 cm³/mol. The highest BCUT2D eigenvalue weighted by atomic mass is 35.5. The lowest BCUT2D eigenvalue weighted by atomic mass is 10.0. The van der Waals surface area contributed by atoms with Gasteiger partial charge in [0.1, 0.15) is 17.7 Å². The number of aromatic nitrogens is 5. The number of rotatable bonds is 5. The van der Waals surface area contributed by atoms with Crippen LogP contribution in [0.1, 0.15) is 25.1 Å². The summed E-state index contributed by atoms with van der Waals surface area (Å²) >= 11 is 18.8. The van der Waals surface area contributed by atoms with Gasteiger partial charge < -0.3 is 10.3 Å². The van der Waals surface area contributed by atoms with Gasteiger partial charge in [0, 0.05) is 10.7 Å². The second-order valence-electron chi connectivity index (χ2n) is 7.56. The summed E-state index contributed by atoms with van der Waals surface area (Å²) in [5.41, 5.74) is 1.60. The van der Waals surface area contributed by atoms with Crippen LogP contribution in [0.15, 0.2) is 53.8 Å². The number of nitrogens with zero attached hydrogens (tertiary/aromatic N) is 4. The van der Waals surface area contributed by atoms with E-state index in [2.05, 4.69) is 25.3 Å². The van der Waals surface area contributed by atoms with E-state index in [4.69, 9.17) is 34.8 Å². The van der Waals surface area contributed by atoms with Crippen molar-refractivity contribution < 1.29 is 4.39 Å². The van der Waals surface area contributed by atoms with Crippen molar-refractivity contribution in [1.82, 2.24) is 24.5 Å². The van der Waals surface area contributed by atoms with Gasteiger partial charge in [0.2, 0.25) is 0 Å². The molecule has 5 aromatic rings. The highest BCUT2D eigenvalue weighted by Crippen LogP contribution is 2.33. The fourth-order valence-corrected chi connectivity index (χ4v) is 4.69. The van der Waals surface area contributed by atoms with Crippen molar-refractivity contribution in [3.8, 4) is 5.69 Å². The first-order chi connectivity index (χ1) is 16.4. The normalized spacial score (nSPS) is 12.4. The molecule has 3 aromatic heterocycles. The Morgan fingerprint density at radius 1 is 1.12 bits per heavy atom. The van der Waals surface area contributed by atoms with Gasteiger partial charge in [-0.2, -0.15) is 0 Å². The lowest BCUT2D eigenvalue weighted by Crippen LogP contribution is -2.27. The number of pyridine rings is 1. The summed E-state index contributed by atoms with van der Waals surface area (Å²) in [4.78, 5) is 29.5. The third-order valence-corrected chi connectivity index (χ3v) is 6.46. The molecule has 0 saturated heterocycles. The van der Waals surface area contributed by atoms with Gasteiger partial charge in [0.15, 0.2) is 11.5 Å². The minimum Gasteiger partial charge on any atom is -0.360 e. The third-order valence-electron chi connectivity index (χ3n) is 5.55. The number of nitrogens with one attached hydrogen (secondary N) is 2. The van der Waals surface area contributed by atoms with E-state index in [0.717, 1.165) is 0 Å². The van der Waals surface area contributed by atoms with Gasteiger partial charge in [-0.15, -0.1) is 0 Å². The fourth-order valence-electron chi connectivity index (χ4n) is 3.94. The van der Waals surface area contributed by atoms with E-state index >= 15 is 0 Å². The monoisotopic (exact) mass is 516 g/mol. The molecule has 0 aliphatic heterocycles. The molecule has 0 bridgehead atoms. The van der Waals surface area contributed by atoms with Crippen molar-refractivity contribution in [2.24, 2.45) is 0 Å². The van der Waals surface area contributed by atoms with Gasteiger partial charge in [0.25, 0.3) is 5.56 Å². The molecule has 0 saturated carbocycles. The molecule has 0 unspecified atom stereocenters. The summed E-state index contributed by atoms with van der Waals surface area (Å²) < 4.78 is 15.7. The number of hydrogen-bond acceptors (Lipinski definition) is 5. The molecule has 0 fully saturated rings. The average molecular weight is 518 g/mol. The first-order valence-corrected chi connectivity index (χ1v) is 11.4. The Balaban J connectivity index is 1.78. The Morgan fingerprint density at radius 3 is 2.71 bits per heavy atom. The number of imidazole rings is 1. The molecule has 2 aromatic carbocycles. The molecule has 1 atom stereocenters. The molecule has 5 rings (SSSR count). The Bertz CT molecular complexity index is 1620. The van der Waals surface area contributed by atoms with Crippen LogP contribution in [-0.4, -0.2) is 24.5 Å². The zero-order valence-electron chi connectivity index (χ0n) is 17.6. The number of benzene rings is 2. The lowest BCUT2D eigenvalue weighted by molar-refractivity contribution is 0.629. The Morgan fingerprint density at radius 2 is 1.94 bits per heavy atom. The summed E-state index contributed by atoms with van der Waals surface area (Å²) in [6.07, 6.45) is 3.52. The van der Waals surface area contributed by atoms with Gasteiger partial charge in [-0.1, -0.05) is 47.8 Å². The molecule has 11 heteroatoms. The Kier molecular flexibility index (Phi) is 5.89. The molecule has 3 heterocycles. The van der Waals surface area contributed by atoms with E-state index in [1.165, 1.54) is 35.4 Å². The summed E-state index contributed by atoms with van der Waals surface area (Å²) in [5.74, 6) is -0.184. The number of aromatic amines is 1. The van der Waals surface area contributed by atoms with Crippen LogP contribution in [-0.2, 0) is 0 Å². The SMILES string of the molecule is CC[C@H](Nc1ncnc2[nH]cnc12)c1cc2ccc(F)c(Cl)c2c(=O)n1-c1ccc(Cl)cc1Cl. The topological polar surface area (TPSA) is 88.5 Å². The number of anilines is 1. The second-order valence-corrected chi connectivity index (χ2v) is 8.78. The molecular weight excluding hydrogens is 502 g/mol. The van der Waals surface area contributed by atoms with Crippen molar-refractivity contribution in [2.75, 3.05) is 5.32 Å². The number of hydrogen-bond donors (Lipinski definition) is 2. The first-order valence-electron chi connectivity index (χ1n) is 10.3. The van der Waals surface area contributed by atoms with E-state index in [-0.39, 0.29) is 15.4 Å². The maximum atomic E-state index is 14.3. The van der Waals surface area contributed by atoms with Crippen LogP contribution < -0.4 is 10.9 Å². The van der Waals surface area contributed by atoms with Gasteiger partial charge in [-0.25, -0.2) is 19.3 Å². The third kappa shape index (κ3) is 3.77. The van der Waals surface area contributed by atoms with Gasteiger partial charge in [0.05, 0.1) is 33.5 Å². The van der Waals surface area contributed by atoms with Crippen molar-refractivity contribution >= 4 is 62.6 Å². The van der Waals surface area contributed by atoms with Crippen LogP contribution in [0.4, 0.5) is 10.2 Å². The molecular formula is C23H16Cl3FN6O. The van der Waals surface area contributed by atoms with Gasteiger partial charge in [-0.05, 0) is 42.1 Å². The van der Waals surface area contributed by atoms with Gasteiger partial charge >= 0.3 is 0 Å². The quantitative estimate of drug-likeness (QED) is 0.285. The van der Waals surface area contributed by atoms with E-state index in [9.17, 15) is 9.18 Å². The molecule has 0 amide bonds. The number of fused-ring (bicyclic) bond motifs is 2. The van der Waals surface area contributed by atoms with E-state index in [1.807, 2.05) is 6.92 Å². The second kappa shape index (κ2) is 8.87. The maximum Gasteiger partial charge on any atom is 0.264 e. The molecule has 0 radical (unpaired) electrons. The zero-order valence-corrected chi connectivity index (χ0v) is 19.9. The summed E-state index contributed by atoms with van der Waals surface area (Å²) in [7, 11) is 0. The van der Waals surface area contributed by atoms with Crippen LogP contribution in [0.3, 0.4) is 0 Å². The van der Waals surface area contributed by atoms with Crippen molar-refractivity contribution in [2.45, 2.75) is 19.4 Å². The fraction of sp³-hybridized carbons (Fsp3) is 0.130. The average Bonchev–Trinajstić information content (AvgIpc) is 3.30. The van der Waals surface area contributed by atoms with E-state index in [0.29, 0.717) is 45.2 Å². The zero-order chi connectivity index (χ0) is 24.0. The lowest BCUT2D eigenvalue weighted by Gasteiger charge is -2.24. The first kappa shape index (κ1) is 22.6. The van der Waals surface area contributed by atoms with Crippen molar-refractivity contribution in [3.05, 3.63) is 86.0 Å². The smallest absolute Gasteiger partial charge is 0.264 e. The Labute approximate surface area is 207 Å². The minimum atomic E-state index is -0.681. The standard InChI is InChI=1S/C23H16Cl3FN6O/c1-2-15(32-22-20-21(29-9-28-20)30-10-31-22)17-7-11-3-5-14(27)19(26)18(11)23(34)33(17)16-6-4-12(24)8-13(16)25/h3-10,15H,2H2,1H3,(H2,28,29,30,31,32)/t15-/m0/s1. The minimum absolute atomic E-state index is 0.0583. The molecule has 7 nitrogen and oxygen atoms in total. The number of halogens is 4. The predicted octanol–water partition coefficient (Wildman–Crippen LogP) is 6.32. The molecule has 0 aliphatic carbocycles. The van der Waals surface area contributed by atoms with Crippen LogP contribution in [0.2, 0.25) is 15.1 Å². The van der Waals surface area contributed by atoms with Crippen LogP contribution >= 0.6 is 34.8 Å². The van der Waals surface area contributed by atoms with Crippen LogP contribution in [0.25, 0.3) is 27.6 Å². The number of H-pyrrole nitrogens is 1.